The molecule has 8 heteroatoms. The summed E-state index contributed by atoms with van der Waals surface area (Å²) in [6, 6.07) is 11.0. The van der Waals surface area contributed by atoms with E-state index in [1.165, 1.54) is 22.4 Å². The molecule has 1 fully saturated rings. The van der Waals surface area contributed by atoms with Gasteiger partial charge in [-0.05, 0) is 87.9 Å². The van der Waals surface area contributed by atoms with Gasteiger partial charge in [0.05, 0.1) is 7.11 Å². The van der Waals surface area contributed by atoms with E-state index in [4.69, 9.17) is 9.47 Å². The Balaban J connectivity index is 0.000000260. The van der Waals surface area contributed by atoms with Gasteiger partial charge in [0.2, 0.25) is 12.3 Å². The molecule has 2 N–H and O–H groups in total. The van der Waals surface area contributed by atoms with Gasteiger partial charge >= 0.3 is 0 Å². The zero-order chi connectivity index (χ0) is 27.7. The van der Waals surface area contributed by atoms with Crippen molar-refractivity contribution < 1.29 is 14.3 Å². The number of anilines is 1. The lowest BCUT2D eigenvalue weighted by Crippen LogP contribution is -2.39. The third kappa shape index (κ3) is 7.22. The van der Waals surface area contributed by atoms with Gasteiger partial charge in [0.25, 0.3) is 5.56 Å². The fourth-order valence-corrected chi connectivity index (χ4v) is 4.84. The lowest BCUT2D eigenvalue weighted by Gasteiger charge is -2.37. The molecular formula is C30H40N4O4. The fourth-order valence-electron chi connectivity index (χ4n) is 4.84. The number of aromatic nitrogens is 2. The van der Waals surface area contributed by atoms with Crippen molar-refractivity contribution in [3.05, 3.63) is 74.8 Å². The van der Waals surface area contributed by atoms with Crippen LogP contribution in [-0.4, -0.2) is 49.3 Å². The number of nitrogens with zero attached hydrogens (tertiary/aromatic N) is 2. The van der Waals surface area contributed by atoms with Crippen LogP contribution in [0.2, 0.25) is 0 Å². The summed E-state index contributed by atoms with van der Waals surface area (Å²) in [6.45, 7) is 13.4. The molecule has 1 saturated heterocycles. The maximum Gasteiger partial charge on any atom is 0.253 e. The molecule has 204 valence electrons. The van der Waals surface area contributed by atoms with Crippen LogP contribution in [-0.2, 0) is 16.1 Å². The number of methoxy groups -OCH3 is 1. The van der Waals surface area contributed by atoms with E-state index in [9.17, 15) is 9.59 Å². The highest BCUT2D eigenvalue weighted by Gasteiger charge is 2.23. The Kier molecular flexibility index (Phi) is 10.5. The molecule has 1 aliphatic rings. The molecular weight excluding hydrogens is 480 g/mol. The summed E-state index contributed by atoms with van der Waals surface area (Å²) < 4.78 is 10.7. The van der Waals surface area contributed by atoms with E-state index in [1.807, 2.05) is 32.2 Å². The average Bonchev–Trinajstić information content (AvgIpc) is 2.92. The van der Waals surface area contributed by atoms with Gasteiger partial charge in [-0.25, -0.2) is 4.98 Å². The van der Waals surface area contributed by atoms with Gasteiger partial charge in [-0.15, -0.1) is 0 Å². The minimum atomic E-state index is -0.133. The first kappa shape index (κ1) is 28.9. The van der Waals surface area contributed by atoms with E-state index in [0.717, 1.165) is 49.4 Å². The summed E-state index contributed by atoms with van der Waals surface area (Å²) in [7, 11) is 1.64. The summed E-state index contributed by atoms with van der Waals surface area (Å²) in [5, 5.41) is 2.47. The van der Waals surface area contributed by atoms with Crippen molar-refractivity contribution in [2.24, 2.45) is 0 Å². The highest BCUT2D eigenvalue weighted by molar-refractivity contribution is 5.72. The van der Waals surface area contributed by atoms with Crippen LogP contribution in [0.15, 0.2) is 41.3 Å². The number of hydrogen-bond donors (Lipinski definition) is 2. The number of carbonyl (C=O) groups is 1. The van der Waals surface area contributed by atoms with Gasteiger partial charge in [0.15, 0.2) is 0 Å². The second kappa shape index (κ2) is 13.8. The number of aryl methyl sites for hydroxylation is 3. The SMILES string of the molecule is CCN(c1cc(-c2ccc(OC)nc2)cc(C)c1C)C1CCOCC1.Cc1cc(C)c(CNC=O)c(=O)[nH]1. The number of benzene rings is 1. The van der Waals surface area contributed by atoms with Crippen LogP contribution < -0.4 is 20.5 Å². The van der Waals surface area contributed by atoms with Crippen molar-refractivity contribution in [3.8, 4) is 17.0 Å². The monoisotopic (exact) mass is 520 g/mol. The van der Waals surface area contributed by atoms with Crippen molar-refractivity contribution in [2.75, 3.05) is 31.8 Å². The molecule has 2 aromatic heterocycles. The average molecular weight is 521 g/mol. The number of rotatable bonds is 8. The van der Waals surface area contributed by atoms with Crippen molar-refractivity contribution in [1.82, 2.24) is 15.3 Å². The second-order valence-corrected chi connectivity index (χ2v) is 9.60. The van der Waals surface area contributed by atoms with E-state index >= 15 is 0 Å². The molecule has 1 aliphatic heterocycles. The number of ether oxygens (including phenoxy) is 2. The van der Waals surface area contributed by atoms with Crippen LogP contribution in [0.3, 0.4) is 0 Å². The second-order valence-electron chi connectivity index (χ2n) is 9.60. The molecule has 1 amide bonds. The number of aromatic amines is 1. The molecule has 0 atom stereocenters. The predicted octanol–water partition coefficient (Wildman–Crippen LogP) is 4.62. The van der Waals surface area contributed by atoms with Crippen LogP contribution in [0.5, 0.6) is 5.88 Å². The number of H-pyrrole nitrogens is 1. The number of nitrogens with one attached hydrogen (secondary N) is 2. The van der Waals surface area contributed by atoms with E-state index in [2.05, 4.69) is 59.2 Å². The highest BCUT2D eigenvalue weighted by Crippen LogP contribution is 2.33. The van der Waals surface area contributed by atoms with Gasteiger partial charge in [0, 0.05) is 67.1 Å². The van der Waals surface area contributed by atoms with Gasteiger partial charge in [0.1, 0.15) is 0 Å². The number of amides is 1. The molecule has 0 radical (unpaired) electrons. The van der Waals surface area contributed by atoms with Crippen LogP contribution in [0, 0.1) is 27.7 Å². The van der Waals surface area contributed by atoms with Gasteiger partial charge in [-0.3, -0.25) is 9.59 Å². The Morgan fingerprint density at radius 1 is 1.11 bits per heavy atom. The van der Waals surface area contributed by atoms with Gasteiger partial charge < -0.3 is 24.7 Å². The Labute approximate surface area is 225 Å². The normalized spacial score (nSPS) is 13.3. The molecule has 8 nitrogen and oxygen atoms in total. The van der Waals surface area contributed by atoms with Gasteiger partial charge in [-0.2, -0.15) is 0 Å². The smallest absolute Gasteiger partial charge is 0.253 e. The van der Waals surface area contributed by atoms with E-state index in [1.54, 1.807) is 7.11 Å². The summed E-state index contributed by atoms with van der Waals surface area (Å²) in [6.07, 6.45) is 4.66. The standard InChI is InChI=1S/C21H28N2O2.C9H12N2O2/c1-5-23(19-8-10-25-11-9-19)20-13-18(12-15(2)16(20)3)17-6-7-21(24-4)22-14-17;1-6-3-7(2)11-9(13)8(6)4-10-5-12/h6-7,12-14,19H,5,8-11H2,1-4H3;3,5H,4H2,1-2H3,(H,10,12)(H,11,13). The van der Waals surface area contributed by atoms with Crippen LogP contribution in [0.4, 0.5) is 5.69 Å². The quantitative estimate of drug-likeness (QED) is 0.421. The number of carbonyl (C=O) groups excluding carboxylic acids is 1. The first-order valence-electron chi connectivity index (χ1n) is 13.1. The Bertz CT molecular complexity index is 1260. The molecule has 0 saturated carbocycles. The van der Waals surface area contributed by atoms with Crippen LogP contribution >= 0.6 is 0 Å². The molecule has 0 aliphatic carbocycles. The predicted molar refractivity (Wildman–Crippen MR) is 152 cm³/mol. The molecule has 3 aromatic rings. The first-order chi connectivity index (χ1) is 18.3. The number of hydrogen-bond acceptors (Lipinski definition) is 6. The lowest BCUT2D eigenvalue weighted by atomic mass is 9.97. The Morgan fingerprint density at radius 3 is 2.42 bits per heavy atom. The molecule has 0 bridgehead atoms. The highest BCUT2D eigenvalue weighted by atomic mass is 16.5. The molecule has 0 spiro atoms. The maximum absolute atomic E-state index is 11.4. The minimum Gasteiger partial charge on any atom is -0.481 e. The molecule has 1 aromatic carbocycles. The first-order valence-corrected chi connectivity index (χ1v) is 13.1. The van der Waals surface area contributed by atoms with Gasteiger partial charge in [-0.1, -0.05) is 6.07 Å². The van der Waals surface area contributed by atoms with E-state index in [-0.39, 0.29) is 12.1 Å². The Hall–Kier alpha value is -3.65. The molecule has 4 rings (SSSR count). The lowest BCUT2D eigenvalue weighted by molar-refractivity contribution is -0.109. The van der Waals surface area contributed by atoms with E-state index in [0.29, 0.717) is 23.9 Å². The van der Waals surface area contributed by atoms with Crippen molar-refractivity contribution in [3.63, 3.8) is 0 Å². The minimum absolute atomic E-state index is 0.133. The third-order valence-electron chi connectivity index (χ3n) is 7.06. The third-order valence-corrected chi connectivity index (χ3v) is 7.06. The molecule has 0 unspecified atom stereocenters. The molecule has 3 heterocycles. The summed E-state index contributed by atoms with van der Waals surface area (Å²) in [4.78, 5) is 31.0. The zero-order valence-corrected chi connectivity index (χ0v) is 23.4. The van der Waals surface area contributed by atoms with E-state index < -0.39 is 0 Å². The fraction of sp³-hybridized carbons (Fsp3) is 0.433. The van der Waals surface area contributed by atoms with Crippen molar-refractivity contribution >= 4 is 12.1 Å². The molecule has 38 heavy (non-hydrogen) atoms. The largest absolute Gasteiger partial charge is 0.481 e. The maximum atomic E-state index is 11.4. The number of pyridine rings is 2. The van der Waals surface area contributed by atoms with Crippen LogP contribution in [0.1, 0.15) is 47.7 Å². The van der Waals surface area contributed by atoms with Crippen molar-refractivity contribution in [1.29, 1.82) is 0 Å². The summed E-state index contributed by atoms with van der Waals surface area (Å²) >= 11 is 0. The topological polar surface area (TPSA) is 96.6 Å². The summed E-state index contributed by atoms with van der Waals surface area (Å²) in [5.41, 5.74) is 8.54. The summed E-state index contributed by atoms with van der Waals surface area (Å²) in [5.74, 6) is 0.644. The zero-order valence-electron chi connectivity index (χ0n) is 23.4. The Morgan fingerprint density at radius 2 is 1.84 bits per heavy atom. The van der Waals surface area contributed by atoms with Crippen molar-refractivity contribution in [2.45, 2.75) is 60.0 Å². The van der Waals surface area contributed by atoms with Crippen LogP contribution in [0.25, 0.3) is 11.1 Å².